The summed E-state index contributed by atoms with van der Waals surface area (Å²) in [6.07, 6.45) is 1.56. The van der Waals surface area contributed by atoms with Crippen molar-refractivity contribution in [2.24, 2.45) is 0 Å². The van der Waals surface area contributed by atoms with Crippen LogP contribution in [0.2, 0.25) is 0 Å². The molecular weight excluding hydrogens is 236 g/mol. The highest BCUT2D eigenvalue weighted by atomic mass is 16.4. The lowest BCUT2D eigenvalue weighted by Crippen LogP contribution is -2.38. The van der Waals surface area contributed by atoms with Crippen molar-refractivity contribution >= 4 is 11.9 Å². The largest absolute Gasteiger partial charge is 0.476 e. The molecule has 1 fully saturated rings. The smallest absolute Gasteiger partial charge is 0.358 e. The van der Waals surface area contributed by atoms with Crippen molar-refractivity contribution in [1.29, 1.82) is 0 Å². The number of piperidine rings is 1. The van der Waals surface area contributed by atoms with E-state index >= 15 is 0 Å². The molecule has 1 amide bonds. The maximum atomic E-state index is 11.2. The molecule has 0 aliphatic carbocycles. The number of carboxylic acid groups (broad SMARTS) is 1. The highest BCUT2D eigenvalue weighted by Crippen LogP contribution is 2.23. The van der Waals surface area contributed by atoms with E-state index in [4.69, 9.17) is 5.11 Å². The molecule has 18 heavy (non-hydrogen) atoms. The van der Waals surface area contributed by atoms with Crippen LogP contribution < -0.4 is 0 Å². The fourth-order valence-corrected chi connectivity index (χ4v) is 2.31. The second kappa shape index (κ2) is 4.75. The van der Waals surface area contributed by atoms with E-state index in [-0.39, 0.29) is 17.6 Å². The normalized spacial score (nSPS) is 16.9. The summed E-state index contributed by atoms with van der Waals surface area (Å²) in [4.78, 5) is 23.9. The molecule has 0 atom stereocenters. The average Bonchev–Trinajstić information content (AvgIpc) is 2.71. The first-order valence-corrected chi connectivity index (χ1v) is 5.91. The Bertz CT molecular complexity index is 475. The Balaban J connectivity index is 2.10. The number of likely N-dealkylation sites (tertiary alicyclic amines) is 1. The number of amides is 1. The van der Waals surface area contributed by atoms with Gasteiger partial charge in [-0.25, -0.2) is 9.48 Å². The molecule has 1 aliphatic rings. The van der Waals surface area contributed by atoms with E-state index in [0.29, 0.717) is 18.8 Å². The minimum absolute atomic E-state index is 0.00370. The van der Waals surface area contributed by atoms with E-state index in [1.165, 1.54) is 0 Å². The van der Waals surface area contributed by atoms with Gasteiger partial charge in [-0.1, -0.05) is 5.21 Å². The van der Waals surface area contributed by atoms with Crippen LogP contribution in [0.1, 0.15) is 42.0 Å². The van der Waals surface area contributed by atoms with Crippen molar-refractivity contribution in [2.45, 2.75) is 32.7 Å². The number of aromatic carboxylic acids is 1. The Hall–Kier alpha value is -1.92. The highest BCUT2D eigenvalue weighted by molar-refractivity contribution is 5.86. The molecule has 0 aromatic carbocycles. The molecule has 98 valence electrons. The Morgan fingerprint density at radius 2 is 1.94 bits per heavy atom. The van der Waals surface area contributed by atoms with Crippen LogP contribution in [-0.4, -0.2) is 50.0 Å². The van der Waals surface area contributed by atoms with Crippen LogP contribution in [0.3, 0.4) is 0 Å². The number of rotatable bonds is 2. The predicted molar refractivity (Wildman–Crippen MR) is 62.2 cm³/mol. The third kappa shape index (κ3) is 2.20. The van der Waals surface area contributed by atoms with Crippen molar-refractivity contribution in [2.75, 3.05) is 13.1 Å². The highest BCUT2D eigenvalue weighted by Gasteiger charge is 2.25. The molecule has 0 radical (unpaired) electrons. The number of hydrogen-bond acceptors (Lipinski definition) is 4. The van der Waals surface area contributed by atoms with Gasteiger partial charge < -0.3 is 10.0 Å². The molecule has 1 aliphatic heterocycles. The minimum Gasteiger partial charge on any atom is -0.476 e. The second-order valence-electron chi connectivity index (χ2n) is 4.51. The Labute approximate surface area is 104 Å². The fraction of sp³-hybridized carbons (Fsp3) is 0.636. The Morgan fingerprint density at radius 3 is 2.39 bits per heavy atom. The average molecular weight is 252 g/mol. The van der Waals surface area contributed by atoms with Crippen LogP contribution in [0.15, 0.2) is 0 Å². The van der Waals surface area contributed by atoms with Crippen molar-refractivity contribution < 1.29 is 14.7 Å². The van der Waals surface area contributed by atoms with E-state index in [9.17, 15) is 9.59 Å². The molecule has 2 rings (SSSR count). The lowest BCUT2D eigenvalue weighted by molar-refractivity contribution is -0.130. The van der Waals surface area contributed by atoms with Gasteiger partial charge >= 0.3 is 5.97 Å². The molecule has 1 aromatic heterocycles. The Kier molecular flexibility index (Phi) is 3.31. The third-order valence-electron chi connectivity index (χ3n) is 3.39. The minimum atomic E-state index is -1.06. The lowest BCUT2D eigenvalue weighted by Gasteiger charge is -2.31. The zero-order valence-corrected chi connectivity index (χ0v) is 10.5. The molecule has 1 aromatic rings. The van der Waals surface area contributed by atoms with Crippen LogP contribution in [0, 0.1) is 6.92 Å². The molecule has 0 bridgehead atoms. The summed E-state index contributed by atoms with van der Waals surface area (Å²) < 4.78 is 1.67. The number of aromatic nitrogens is 3. The van der Waals surface area contributed by atoms with Gasteiger partial charge in [0.2, 0.25) is 5.91 Å². The summed E-state index contributed by atoms with van der Waals surface area (Å²) in [6, 6.07) is 0.126. The van der Waals surface area contributed by atoms with Gasteiger partial charge in [-0.15, -0.1) is 5.10 Å². The molecule has 7 nitrogen and oxygen atoms in total. The van der Waals surface area contributed by atoms with Crippen molar-refractivity contribution in [3.05, 3.63) is 11.4 Å². The van der Waals surface area contributed by atoms with Crippen LogP contribution in [0.5, 0.6) is 0 Å². The summed E-state index contributed by atoms with van der Waals surface area (Å²) in [5.41, 5.74) is 0.577. The van der Waals surface area contributed by atoms with E-state index in [0.717, 1.165) is 12.8 Å². The second-order valence-corrected chi connectivity index (χ2v) is 4.51. The monoisotopic (exact) mass is 252 g/mol. The lowest BCUT2D eigenvalue weighted by atomic mass is 10.0. The van der Waals surface area contributed by atoms with Gasteiger partial charge in [-0.3, -0.25) is 4.79 Å². The van der Waals surface area contributed by atoms with E-state index in [2.05, 4.69) is 10.3 Å². The standard InChI is InChI=1S/C11H16N4O3/c1-7-10(11(17)18)12-13-15(7)9-3-5-14(6-4-9)8(2)16/h9H,3-6H2,1-2H3,(H,17,18). The van der Waals surface area contributed by atoms with E-state index < -0.39 is 5.97 Å². The van der Waals surface area contributed by atoms with E-state index in [1.807, 2.05) is 0 Å². The maximum absolute atomic E-state index is 11.2. The SMILES string of the molecule is CC(=O)N1CCC(n2nnc(C(=O)O)c2C)CC1. The molecule has 0 spiro atoms. The zero-order chi connectivity index (χ0) is 13.3. The van der Waals surface area contributed by atoms with Gasteiger partial charge in [0.15, 0.2) is 5.69 Å². The first-order valence-electron chi connectivity index (χ1n) is 5.91. The summed E-state index contributed by atoms with van der Waals surface area (Å²) in [6.45, 7) is 4.63. The van der Waals surface area contributed by atoms with Gasteiger partial charge in [0.1, 0.15) is 0 Å². The third-order valence-corrected chi connectivity index (χ3v) is 3.39. The number of hydrogen-bond donors (Lipinski definition) is 1. The van der Waals surface area contributed by atoms with Gasteiger partial charge in [-0.2, -0.15) is 0 Å². The molecular formula is C11H16N4O3. The first-order chi connectivity index (χ1) is 8.50. The summed E-state index contributed by atoms with van der Waals surface area (Å²) in [7, 11) is 0. The molecule has 7 heteroatoms. The van der Waals surface area contributed by atoms with Gasteiger partial charge in [0, 0.05) is 20.0 Å². The van der Waals surface area contributed by atoms with E-state index in [1.54, 1.807) is 23.4 Å². The number of nitrogens with zero attached hydrogens (tertiary/aromatic N) is 4. The summed E-state index contributed by atoms with van der Waals surface area (Å²) in [5, 5.41) is 16.5. The van der Waals surface area contributed by atoms with Crippen molar-refractivity contribution in [3.63, 3.8) is 0 Å². The first kappa shape index (κ1) is 12.5. The zero-order valence-electron chi connectivity index (χ0n) is 10.5. The fourth-order valence-electron chi connectivity index (χ4n) is 2.31. The molecule has 2 heterocycles. The van der Waals surface area contributed by atoms with Crippen LogP contribution in [0.25, 0.3) is 0 Å². The summed E-state index contributed by atoms with van der Waals surface area (Å²) in [5.74, 6) is -0.977. The number of carbonyl (C=O) groups excluding carboxylic acids is 1. The Morgan fingerprint density at radius 1 is 1.33 bits per heavy atom. The molecule has 1 saturated heterocycles. The van der Waals surface area contributed by atoms with Crippen LogP contribution in [0.4, 0.5) is 0 Å². The van der Waals surface area contributed by atoms with Crippen molar-refractivity contribution in [1.82, 2.24) is 19.9 Å². The number of carboxylic acids is 1. The quantitative estimate of drug-likeness (QED) is 0.826. The van der Waals surface area contributed by atoms with Gasteiger partial charge in [0.25, 0.3) is 0 Å². The molecule has 0 unspecified atom stereocenters. The van der Waals surface area contributed by atoms with Gasteiger partial charge in [0.05, 0.1) is 11.7 Å². The molecule has 1 N–H and O–H groups in total. The number of carbonyl (C=O) groups is 2. The van der Waals surface area contributed by atoms with Gasteiger partial charge in [-0.05, 0) is 19.8 Å². The predicted octanol–water partition coefficient (Wildman–Crippen LogP) is 0.468. The maximum Gasteiger partial charge on any atom is 0.358 e. The topological polar surface area (TPSA) is 88.3 Å². The summed E-state index contributed by atoms with van der Waals surface area (Å²) >= 11 is 0. The van der Waals surface area contributed by atoms with Crippen LogP contribution in [-0.2, 0) is 4.79 Å². The molecule has 0 saturated carbocycles. The van der Waals surface area contributed by atoms with Crippen LogP contribution >= 0.6 is 0 Å². The van der Waals surface area contributed by atoms with Crippen molar-refractivity contribution in [3.8, 4) is 0 Å².